The topological polar surface area (TPSA) is 170 Å². The van der Waals surface area contributed by atoms with Crippen LogP contribution in [0.4, 0.5) is 11.4 Å². The van der Waals surface area contributed by atoms with Crippen LogP contribution in [-0.2, 0) is 14.8 Å². The maximum absolute atomic E-state index is 11.9. The Morgan fingerprint density at radius 3 is 2.53 bits per heavy atom. The van der Waals surface area contributed by atoms with Crippen molar-refractivity contribution in [1.82, 2.24) is 4.72 Å². The second kappa shape index (κ2) is 5.60. The number of amides is 1. The van der Waals surface area contributed by atoms with E-state index >= 15 is 0 Å². The third-order valence-corrected chi connectivity index (χ3v) is 3.50. The van der Waals surface area contributed by atoms with Crippen LogP contribution in [0.5, 0.6) is 0 Å². The largest absolute Gasteiger partial charge is 0.369 e. The Kier molecular flexibility index (Phi) is 4.37. The van der Waals surface area contributed by atoms with E-state index in [4.69, 9.17) is 11.6 Å². The number of benzene rings is 1. The van der Waals surface area contributed by atoms with Gasteiger partial charge < -0.3 is 11.2 Å². The standard InChI is InChI=1S/C8H11N5O5S/c9-8(14)4-11-19(17,18)7-3-5(13(15)16)1-2-6(7)12-10/h1-3,11-12H,4,10H2,(H2,9,14). The molecule has 0 radical (unpaired) electrons. The molecule has 0 saturated heterocycles. The molecule has 0 unspecified atom stereocenters. The van der Waals surface area contributed by atoms with E-state index in [-0.39, 0.29) is 5.69 Å². The first kappa shape index (κ1) is 14.8. The molecule has 0 atom stereocenters. The van der Waals surface area contributed by atoms with Gasteiger partial charge in [-0.3, -0.25) is 20.8 Å². The summed E-state index contributed by atoms with van der Waals surface area (Å²) in [6, 6.07) is 3.04. The lowest BCUT2D eigenvalue weighted by Crippen LogP contribution is -2.33. The Morgan fingerprint density at radius 2 is 2.05 bits per heavy atom. The third-order valence-electron chi connectivity index (χ3n) is 2.06. The Labute approximate surface area is 107 Å². The maximum atomic E-state index is 11.9. The van der Waals surface area contributed by atoms with Crippen LogP contribution in [0.2, 0.25) is 0 Å². The highest BCUT2D eigenvalue weighted by Crippen LogP contribution is 2.25. The molecule has 0 fully saturated rings. The van der Waals surface area contributed by atoms with E-state index in [2.05, 4.69) is 5.43 Å². The number of nitrogens with zero attached hydrogens (tertiary/aromatic N) is 1. The summed E-state index contributed by atoms with van der Waals surface area (Å²) in [6.07, 6.45) is 0. The Bertz CT molecular complexity index is 614. The molecule has 19 heavy (non-hydrogen) atoms. The van der Waals surface area contributed by atoms with Crippen molar-refractivity contribution in [1.29, 1.82) is 0 Å². The highest BCUT2D eigenvalue weighted by molar-refractivity contribution is 7.89. The van der Waals surface area contributed by atoms with Crippen molar-refractivity contribution in [3.63, 3.8) is 0 Å². The van der Waals surface area contributed by atoms with Crippen LogP contribution in [0.1, 0.15) is 0 Å². The summed E-state index contributed by atoms with van der Waals surface area (Å²) in [7, 11) is -4.15. The monoisotopic (exact) mass is 289 g/mol. The van der Waals surface area contributed by atoms with Gasteiger partial charge >= 0.3 is 0 Å². The van der Waals surface area contributed by atoms with Gasteiger partial charge in [-0.1, -0.05) is 0 Å². The molecule has 0 spiro atoms. The van der Waals surface area contributed by atoms with Gasteiger partial charge in [0.05, 0.1) is 17.2 Å². The smallest absolute Gasteiger partial charge is 0.270 e. The molecule has 0 saturated carbocycles. The molecular formula is C8H11N5O5S. The molecule has 10 nitrogen and oxygen atoms in total. The number of hydrogen-bond acceptors (Lipinski definition) is 7. The number of sulfonamides is 1. The summed E-state index contributed by atoms with van der Waals surface area (Å²) in [6.45, 7) is -0.630. The fourth-order valence-electron chi connectivity index (χ4n) is 1.21. The minimum Gasteiger partial charge on any atom is -0.369 e. The van der Waals surface area contributed by atoms with Gasteiger partial charge in [0, 0.05) is 12.1 Å². The van der Waals surface area contributed by atoms with Gasteiger partial charge in [0.15, 0.2) is 0 Å². The fourth-order valence-corrected chi connectivity index (χ4v) is 2.39. The molecule has 0 aromatic heterocycles. The van der Waals surface area contributed by atoms with Crippen molar-refractivity contribution >= 4 is 27.3 Å². The van der Waals surface area contributed by atoms with Gasteiger partial charge in [0.2, 0.25) is 15.9 Å². The molecule has 1 rings (SSSR count). The van der Waals surface area contributed by atoms with E-state index in [9.17, 15) is 23.3 Å². The van der Waals surface area contributed by atoms with Crippen LogP contribution in [0.25, 0.3) is 0 Å². The number of carbonyl (C=O) groups excluding carboxylic acids is 1. The third kappa shape index (κ3) is 3.61. The molecular weight excluding hydrogens is 278 g/mol. The molecule has 1 aromatic carbocycles. The van der Waals surface area contributed by atoms with E-state index in [1.165, 1.54) is 0 Å². The molecule has 0 aliphatic heterocycles. The highest BCUT2D eigenvalue weighted by atomic mass is 32.2. The van der Waals surface area contributed by atoms with E-state index in [1.807, 2.05) is 4.72 Å². The first-order valence-electron chi connectivity index (χ1n) is 4.81. The van der Waals surface area contributed by atoms with E-state index in [0.717, 1.165) is 18.2 Å². The van der Waals surface area contributed by atoms with Crippen LogP contribution in [0, 0.1) is 10.1 Å². The van der Waals surface area contributed by atoms with Crippen LogP contribution in [-0.4, -0.2) is 25.8 Å². The highest BCUT2D eigenvalue weighted by Gasteiger charge is 2.22. The predicted octanol–water partition coefficient (Wildman–Crippen LogP) is -1.36. The number of hydrogen-bond donors (Lipinski definition) is 4. The number of hydrazine groups is 1. The SMILES string of the molecule is NNc1ccc([N+](=O)[O-])cc1S(=O)(=O)NCC(N)=O. The van der Waals surface area contributed by atoms with Crippen LogP contribution >= 0.6 is 0 Å². The van der Waals surface area contributed by atoms with Crippen molar-refractivity contribution in [2.24, 2.45) is 11.6 Å². The summed E-state index contributed by atoms with van der Waals surface area (Å²) < 4.78 is 25.6. The van der Waals surface area contributed by atoms with Crippen molar-refractivity contribution in [3.8, 4) is 0 Å². The van der Waals surface area contributed by atoms with E-state index < -0.39 is 38.0 Å². The fraction of sp³-hybridized carbons (Fsp3) is 0.125. The Hall–Kier alpha value is -2.24. The Balaban J connectivity index is 3.26. The number of nitro benzene ring substituents is 1. The second-order valence-electron chi connectivity index (χ2n) is 3.37. The number of anilines is 1. The quantitative estimate of drug-likeness (QED) is 0.284. The van der Waals surface area contributed by atoms with Crippen LogP contribution in [0.3, 0.4) is 0 Å². The summed E-state index contributed by atoms with van der Waals surface area (Å²) in [5.41, 5.74) is 6.42. The van der Waals surface area contributed by atoms with E-state index in [1.54, 1.807) is 0 Å². The molecule has 0 aliphatic rings. The van der Waals surface area contributed by atoms with Gasteiger partial charge in [0.1, 0.15) is 4.90 Å². The predicted molar refractivity (Wildman–Crippen MR) is 65.3 cm³/mol. The first-order valence-corrected chi connectivity index (χ1v) is 6.29. The minimum atomic E-state index is -4.15. The number of non-ortho nitro benzene ring substituents is 1. The van der Waals surface area contributed by atoms with Crippen LogP contribution < -0.4 is 21.7 Å². The molecule has 0 heterocycles. The van der Waals surface area contributed by atoms with E-state index in [0.29, 0.717) is 0 Å². The van der Waals surface area contributed by atoms with Gasteiger partial charge in [-0.15, -0.1) is 0 Å². The number of nitrogen functional groups attached to an aromatic ring is 1. The van der Waals surface area contributed by atoms with Gasteiger partial charge in [-0.25, -0.2) is 13.1 Å². The molecule has 104 valence electrons. The summed E-state index contributed by atoms with van der Waals surface area (Å²) >= 11 is 0. The number of nitro groups is 1. The molecule has 1 amide bonds. The average molecular weight is 289 g/mol. The molecule has 0 aliphatic carbocycles. The number of nitrogens with two attached hydrogens (primary N) is 2. The first-order chi connectivity index (χ1) is 8.77. The number of nitrogens with one attached hydrogen (secondary N) is 2. The van der Waals surface area contributed by atoms with Gasteiger partial charge in [0.25, 0.3) is 5.69 Å². The zero-order valence-corrected chi connectivity index (χ0v) is 10.3. The van der Waals surface area contributed by atoms with Gasteiger partial charge in [-0.2, -0.15) is 0 Å². The lowest BCUT2D eigenvalue weighted by molar-refractivity contribution is -0.385. The maximum Gasteiger partial charge on any atom is 0.270 e. The average Bonchev–Trinajstić information content (AvgIpc) is 2.35. The van der Waals surface area contributed by atoms with Crippen molar-refractivity contribution in [2.75, 3.05) is 12.0 Å². The van der Waals surface area contributed by atoms with Crippen molar-refractivity contribution in [3.05, 3.63) is 28.3 Å². The summed E-state index contributed by atoms with van der Waals surface area (Å²) in [5, 5.41) is 10.6. The van der Waals surface area contributed by atoms with Gasteiger partial charge in [-0.05, 0) is 6.07 Å². The lowest BCUT2D eigenvalue weighted by atomic mass is 10.3. The number of primary amides is 1. The lowest BCUT2D eigenvalue weighted by Gasteiger charge is -2.09. The van der Waals surface area contributed by atoms with Crippen LogP contribution in [0.15, 0.2) is 23.1 Å². The van der Waals surface area contributed by atoms with Crippen molar-refractivity contribution < 1.29 is 18.1 Å². The second-order valence-corrected chi connectivity index (χ2v) is 5.11. The van der Waals surface area contributed by atoms with Crippen molar-refractivity contribution in [2.45, 2.75) is 4.90 Å². The zero-order chi connectivity index (χ0) is 14.6. The normalized spacial score (nSPS) is 11.0. The summed E-state index contributed by atoms with van der Waals surface area (Å²) in [5.74, 6) is 4.23. The summed E-state index contributed by atoms with van der Waals surface area (Å²) in [4.78, 5) is 20.0. The zero-order valence-electron chi connectivity index (χ0n) is 9.49. The molecule has 1 aromatic rings. The minimum absolute atomic E-state index is 0.0532. The Morgan fingerprint density at radius 1 is 1.42 bits per heavy atom. The molecule has 0 bridgehead atoms. The molecule has 11 heteroatoms. The number of rotatable bonds is 6. The molecule has 6 N–H and O–H groups in total. The number of carbonyl (C=O) groups is 1.